The maximum Gasteiger partial charge on any atom is 0.333 e. The summed E-state index contributed by atoms with van der Waals surface area (Å²) in [5.41, 5.74) is 1.19. The van der Waals surface area contributed by atoms with Crippen molar-refractivity contribution in [2.24, 2.45) is 0 Å². The minimum Gasteiger partial charge on any atom is -0.425 e. The first-order chi connectivity index (χ1) is 14.1. The van der Waals surface area contributed by atoms with Crippen LogP contribution >= 0.6 is 0 Å². The fourth-order valence-corrected chi connectivity index (χ4v) is 2.94. The van der Waals surface area contributed by atoms with Crippen molar-refractivity contribution >= 4 is 22.9 Å². The molecule has 0 saturated carbocycles. The third kappa shape index (κ3) is 4.64. The predicted molar refractivity (Wildman–Crippen MR) is 108 cm³/mol. The number of hydrogen-bond acceptors (Lipinski definition) is 4. The summed E-state index contributed by atoms with van der Waals surface area (Å²) < 4.78 is 34.0. The van der Waals surface area contributed by atoms with Gasteiger partial charge in [0.2, 0.25) is 5.91 Å². The Kier molecular flexibility index (Phi) is 5.87. The largest absolute Gasteiger partial charge is 0.425 e. The van der Waals surface area contributed by atoms with Gasteiger partial charge in [-0.05, 0) is 42.2 Å². The number of imidazole rings is 1. The second kappa shape index (κ2) is 8.22. The van der Waals surface area contributed by atoms with Crippen LogP contribution in [0.2, 0.25) is 0 Å². The Balaban J connectivity index is 1.62. The molecule has 30 heavy (non-hydrogen) atoms. The van der Waals surface area contributed by atoms with Crippen molar-refractivity contribution in [3.8, 4) is 5.75 Å². The Bertz CT molecular complexity index is 1090. The number of hydrogen-bond donors (Lipinski definition) is 1. The lowest BCUT2D eigenvalue weighted by atomic mass is 9.87. The van der Waals surface area contributed by atoms with E-state index < -0.39 is 29.6 Å². The molecule has 1 heterocycles. The zero-order chi connectivity index (χ0) is 22.1. The van der Waals surface area contributed by atoms with E-state index in [1.165, 1.54) is 23.9 Å². The van der Waals surface area contributed by atoms with Crippen LogP contribution in [0.5, 0.6) is 5.75 Å². The number of nitrogens with one attached hydrogen (secondary N) is 1. The molecule has 1 unspecified atom stereocenters. The van der Waals surface area contributed by atoms with Crippen LogP contribution in [-0.4, -0.2) is 27.5 Å². The molecule has 0 radical (unpaired) electrons. The molecular formula is C22H23F2N3O3. The molecule has 0 saturated heterocycles. The van der Waals surface area contributed by atoms with E-state index >= 15 is 0 Å². The van der Waals surface area contributed by atoms with Gasteiger partial charge in [-0.2, -0.15) is 0 Å². The molecule has 1 aromatic heterocycles. The lowest BCUT2D eigenvalue weighted by Gasteiger charge is -2.19. The summed E-state index contributed by atoms with van der Waals surface area (Å²) in [6, 6.07) is 8.52. The number of aromatic nitrogens is 2. The molecule has 3 aromatic rings. The van der Waals surface area contributed by atoms with Gasteiger partial charge in [0.15, 0.2) is 11.6 Å². The Labute approximate surface area is 172 Å². The number of rotatable bonds is 5. The normalized spacial score (nSPS) is 12.6. The molecule has 0 aliphatic carbocycles. The third-order valence-corrected chi connectivity index (χ3v) is 4.65. The number of ether oxygens (including phenoxy) is 1. The van der Waals surface area contributed by atoms with Gasteiger partial charge >= 0.3 is 5.97 Å². The molecule has 6 nitrogen and oxygen atoms in total. The minimum absolute atomic E-state index is 0.0241. The molecule has 8 heteroatoms. The van der Waals surface area contributed by atoms with Gasteiger partial charge in [-0.3, -0.25) is 4.79 Å². The lowest BCUT2D eigenvalue weighted by molar-refractivity contribution is -0.138. The summed E-state index contributed by atoms with van der Waals surface area (Å²) in [5, 5.41) is 2.49. The summed E-state index contributed by atoms with van der Waals surface area (Å²) in [6.45, 7) is 7.39. The van der Waals surface area contributed by atoms with Gasteiger partial charge in [-0.25, -0.2) is 18.6 Å². The van der Waals surface area contributed by atoms with E-state index in [4.69, 9.17) is 4.74 Å². The van der Waals surface area contributed by atoms with Crippen molar-refractivity contribution in [1.29, 1.82) is 0 Å². The third-order valence-electron chi connectivity index (χ3n) is 4.65. The fourth-order valence-electron chi connectivity index (χ4n) is 2.94. The number of carbonyl (C=O) groups excluding carboxylic acids is 2. The van der Waals surface area contributed by atoms with Crippen LogP contribution in [0.3, 0.4) is 0 Å². The van der Waals surface area contributed by atoms with E-state index in [2.05, 4.69) is 31.1 Å². The van der Waals surface area contributed by atoms with E-state index in [0.717, 1.165) is 11.6 Å². The standard InChI is InChI=1S/C22H23F2N3O3/c1-13(21(29)30-15-7-5-14(6-8-15)22(2,3)4)26-18(28)11-27-12-25-17-10-9-16(23)19(24)20(17)27/h5-10,12-13H,11H2,1-4H3,(H,26,28). The average molecular weight is 415 g/mol. The summed E-state index contributed by atoms with van der Waals surface area (Å²) in [7, 11) is 0. The molecule has 1 atom stereocenters. The molecule has 1 N–H and O–H groups in total. The predicted octanol–water partition coefficient (Wildman–Crippen LogP) is 3.72. The monoisotopic (exact) mass is 415 g/mol. The highest BCUT2D eigenvalue weighted by molar-refractivity contribution is 5.86. The van der Waals surface area contributed by atoms with E-state index in [1.54, 1.807) is 12.1 Å². The van der Waals surface area contributed by atoms with Crippen LogP contribution in [0, 0.1) is 11.6 Å². The topological polar surface area (TPSA) is 73.2 Å². The quantitative estimate of drug-likeness (QED) is 0.509. The molecular weight excluding hydrogens is 392 g/mol. The Morgan fingerprint density at radius 2 is 1.80 bits per heavy atom. The van der Waals surface area contributed by atoms with Crippen molar-refractivity contribution in [3.05, 3.63) is 59.9 Å². The van der Waals surface area contributed by atoms with Gasteiger partial charge in [0, 0.05) is 0 Å². The lowest BCUT2D eigenvalue weighted by Crippen LogP contribution is -2.42. The number of amides is 1. The van der Waals surface area contributed by atoms with Crippen LogP contribution in [0.4, 0.5) is 8.78 Å². The molecule has 0 bridgehead atoms. The highest BCUT2D eigenvalue weighted by Crippen LogP contribution is 2.24. The van der Waals surface area contributed by atoms with E-state index in [0.29, 0.717) is 5.75 Å². The van der Waals surface area contributed by atoms with Gasteiger partial charge in [0.1, 0.15) is 23.9 Å². The molecule has 0 spiro atoms. The van der Waals surface area contributed by atoms with Gasteiger partial charge in [-0.1, -0.05) is 32.9 Å². The number of benzene rings is 2. The van der Waals surface area contributed by atoms with E-state index in [1.807, 2.05) is 12.1 Å². The van der Waals surface area contributed by atoms with Crippen LogP contribution in [0.25, 0.3) is 11.0 Å². The fraction of sp³-hybridized carbons (Fsp3) is 0.318. The molecule has 1 amide bonds. The second-order valence-corrected chi connectivity index (χ2v) is 8.09. The van der Waals surface area contributed by atoms with Crippen LogP contribution < -0.4 is 10.1 Å². The Morgan fingerprint density at radius 1 is 1.13 bits per heavy atom. The number of carbonyl (C=O) groups is 2. The molecule has 0 fully saturated rings. The number of esters is 1. The first kappa shape index (κ1) is 21.4. The summed E-state index contributed by atoms with van der Waals surface area (Å²) in [4.78, 5) is 28.5. The summed E-state index contributed by atoms with van der Waals surface area (Å²) >= 11 is 0. The molecule has 2 aromatic carbocycles. The van der Waals surface area contributed by atoms with E-state index in [-0.39, 0.29) is 23.0 Å². The molecule has 0 aliphatic rings. The maximum atomic E-state index is 14.0. The summed E-state index contributed by atoms with van der Waals surface area (Å²) in [6.07, 6.45) is 1.24. The second-order valence-electron chi connectivity index (χ2n) is 8.09. The highest BCUT2D eigenvalue weighted by atomic mass is 19.2. The van der Waals surface area contributed by atoms with Gasteiger partial charge in [0.25, 0.3) is 0 Å². The van der Waals surface area contributed by atoms with Gasteiger partial charge in [-0.15, -0.1) is 0 Å². The average Bonchev–Trinajstić information content (AvgIpc) is 3.07. The first-order valence-electron chi connectivity index (χ1n) is 9.46. The molecule has 3 rings (SSSR count). The van der Waals surface area contributed by atoms with Crippen molar-refractivity contribution in [1.82, 2.24) is 14.9 Å². The molecule has 0 aliphatic heterocycles. The highest BCUT2D eigenvalue weighted by Gasteiger charge is 2.20. The number of fused-ring (bicyclic) bond motifs is 1. The van der Waals surface area contributed by atoms with Crippen molar-refractivity contribution in [3.63, 3.8) is 0 Å². The van der Waals surface area contributed by atoms with Crippen LogP contribution in [0.1, 0.15) is 33.3 Å². The van der Waals surface area contributed by atoms with Gasteiger partial charge < -0.3 is 14.6 Å². The van der Waals surface area contributed by atoms with Crippen molar-refractivity contribution in [2.75, 3.05) is 0 Å². The summed E-state index contributed by atoms with van der Waals surface area (Å²) in [5.74, 6) is -2.94. The maximum absolute atomic E-state index is 14.0. The van der Waals surface area contributed by atoms with Crippen LogP contribution in [-0.2, 0) is 21.5 Å². The zero-order valence-electron chi connectivity index (χ0n) is 17.2. The first-order valence-corrected chi connectivity index (χ1v) is 9.46. The van der Waals surface area contributed by atoms with Gasteiger partial charge in [0.05, 0.1) is 11.8 Å². The minimum atomic E-state index is -1.08. The van der Waals surface area contributed by atoms with Crippen LogP contribution in [0.15, 0.2) is 42.7 Å². The number of nitrogens with zero attached hydrogens (tertiary/aromatic N) is 2. The van der Waals surface area contributed by atoms with Crippen molar-refractivity contribution < 1.29 is 23.1 Å². The Morgan fingerprint density at radius 3 is 2.43 bits per heavy atom. The number of halogens is 2. The van der Waals surface area contributed by atoms with E-state index in [9.17, 15) is 18.4 Å². The Hall–Kier alpha value is -3.29. The zero-order valence-corrected chi connectivity index (χ0v) is 17.2. The molecule has 158 valence electrons. The van der Waals surface area contributed by atoms with Crippen molar-refractivity contribution in [2.45, 2.75) is 45.7 Å². The smallest absolute Gasteiger partial charge is 0.333 e. The SMILES string of the molecule is CC(NC(=O)Cn1cnc2ccc(F)c(F)c21)C(=O)Oc1ccc(C(C)(C)C)cc1.